The standard InChI is InChI=1S/C53H84O23/c1-48(2)14-16-53(47(68)76-45-37(64)34(61)32(59)26(20-55)71-45)17-15-51(6)22(23(53)18-48)8-9-28-50(5)12-11-29(49(3,4)27(50)10-13-52(28,51)7)72-46-41(75-43-35(62)30(57)24(56)21-69-43)39(38(65)40(74-46)42(66)67)73-44-36(63)33(60)31(58)25(19-54)70-44/h8,23-41,43-46,54-65H,9-21H2,1-7H3,(H,66,67)/t23-,24+,25+,26+,27-,28+,29-,30-,31+,32+,33-,34-,35+,36+,37+,38-,39-,40-,41+,43-,44-,45-,46+,50-,51+,52+,53-/m0/s1. The first-order valence-electron chi connectivity index (χ1n) is 27.2. The van der Waals surface area contributed by atoms with Crippen LogP contribution in [0.1, 0.15) is 113 Å². The van der Waals surface area contributed by atoms with Gasteiger partial charge in [0.25, 0.3) is 0 Å². The molecule has 23 nitrogen and oxygen atoms in total. The van der Waals surface area contributed by atoms with Crippen molar-refractivity contribution in [3.8, 4) is 0 Å². The van der Waals surface area contributed by atoms with Gasteiger partial charge in [-0.15, -0.1) is 0 Å². The van der Waals surface area contributed by atoms with Gasteiger partial charge in [0.05, 0.1) is 31.3 Å². The summed E-state index contributed by atoms with van der Waals surface area (Å²) < 4.78 is 48.1. The van der Waals surface area contributed by atoms with Crippen LogP contribution in [-0.4, -0.2) is 221 Å². The molecule has 4 heterocycles. The van der Waals surface area contributed by atoms with Gasteiger partial charge in [0, 0.05) is 0 Å². The Balaban J connectivity index is 0.996. The molecule has 0 amide bonds. The lowest BCUT2D eigenvalue weighted by atomic mass is 9.33. The predicted molar refractivity (Wildman–Crippen MR) is 257 cm³/mol. The fourth-order valence-corrected chi connectivity index (χ4v) is 16.2. The van der Waals surface area contributed by atoms with Crippen molar-refractivity contribution in [2.75, 3.05) is 19.8 Å². The number of aliphatic hydroxyl groups excluding tert-OH is 12. The van der Waals surface area contributed by atoms with Crippen molar-refractivity contribution < 1.29 is 114 Å². The van der Waals surface area contributed by atoms with E-state index in [9.17, 15) is 76.0 Å². The van der Waals surface area contributed by atoms with E-state index < -0.39 is 165 Å². The van der Waals surface area contributed by atoms with Crippen LogP contribution in [0.15, 0.2) is 11.6 Å². The zero-order valence-electron chi connectivity index (χ0n) is 44.4. The van der Waals surface area contributed by atoms with E-state index >= 15 is 0 Å². The summed E-state index contributed by atoms with van der Waals surface area (Å²) in [5.74, 6) is -2.22. The van der Waals surface area contributed by atoms with Crippen LogP contribution in [0.3, 0.4) is 0 Å². The molecule has 4 saturated heterocycles. The number of ether oxygens (including phenoxy) is 8. The minimum absolute atomic E-state index is 0.00491. The summed E-state index contributed by atoms with van der Waals surface area (Å²) in [6.07, 6.45) is -25.0. The summed E-state index contributed by atoms with van der Waals surface area (Å²) in [6.45, 7) is 13.7. The molecule has 5 aliphatic carbocycles. The van der Waals surface area contributed by atoms with Gasteiger partial charge in [-0.05, 0) is 109 Å². The number of carboxylic acid groups (broad SMARTS) is 1. The second-order valence-electron chi connectivity index (χ2n) is 25.9. The van der Waals surface area contributed by atoms with Gasteiger partial charge in [0.2, 0.25) is 6.29 Å². The molecule has 8 fully saturated rings. The SMILES string of the molecule is CC1(C)CC[C@]2(C(=O)O[C@@H]3O[C@H](CO)[C@@H](O)[C@H](O)[C@H]3O)CC[C@]3(C)C(=CC[C@@H]4[C@@]5(C)CC[C@H](O[C@@H]6O[C@H](C(=O)O)[C@@H](O)[C@H](O[C@@H]7O[C@H](CO)[C@@H](O)[C@H](O)[C@H]7O)[C@H]6O[C@@H]6OC[C@@H](O)[C@H](O)[C@H]6O)C(C)(C)[C@@H]5CC[C@]43C)[C@@H]2C1. The second-order valence-corrected chi connectivity index (χ2v) is 25.9. The number of carboxylic acids is 1. The number of esters is 1. The third-order valence-corrected chi connectivity index (χ3v) is 21.0. The van der Waals surface area contributed by atoms with Gasteiger partial charge in [0.15, 0.2) is 25.0 Å². The van der Waals surface area contributed by atoms with E-state index in [1.54, 1.807) is 0 Å². The lowest BCUT2D eigenvalue weighted by Crippen LogP contribution is -2.68. The summed E-state index contributed by atoms with van der Waals surface area (Å²) in [5.41, 5.74) is -1.43. The largest absolute Gasteiger partial charge is 0.479 e. The first-order valence-corrected chi connectivity index (χ1v) is 27.2. The van der Waals surface area contributed by atoms with E-state index in [4.69, 9.17) is 37.9 Å². The smallest absolute Gasteiger partial charge is 0.335 e. The monoisotopic (exact) mass is 1090 g/mol. The average Bonchev–Trinajstić information content (AvgIpc) is 3.53. The van der Waals surface area contributed by atoms with Crippen molar-refractivity contribution in [1.29, 1.82) is 0 Å². The number of hydrogen-bond donors (Lipinski definition) is 13. The van der Waals surface area contributed by atoms with Crippen LogP contribution in [0.4, 0.5) is 0 Å². The highest BCUT2D eigenvalue weighted by Gasteiger charge is 2.70. The minimum Gasteiger partial charge on any atom is -0.479 e. The quantitative estimate of drug-likeness (QED) is 0.0649. The van der Waals surface area contributed by atoms with E-state index in [2.05, 4.69) is 54.5 Å². The van der Waals surface area contributed by atoms with Crippen LogP contribution in [-0.2, 0) is 47.5 Å². The summed E-state index contributed by atoms with van der Waals surface area (Å²) in [6, 6.07) is 0. The maximum Gasteiger partial charge on any atom is 0.335 e. The van der Waals surface area contributed by atoms with E-state index in [-0.39, 0.29) is 39.4 Å². The Hall–Kier alpha value is -2.08. The molecule has 9 rings (SSSR count). The van der Waals surface area contributed by atoms with Gasteiger partial charge in [0.1, 0.15) is 85.5 Å². The molecule has 0 radical (unpaired) electrons. The van der Waals surface area contributed by atoms with Crippen LogP contribution in [0.25, 0.3) is 0 Å². The third kappa shape index (κ3) is 9.42. The number of aliphatic carboxylic acids is 1. The minimum atomic E-state index is -2.10. The zero-order chi connectivity index (χ0) is 55.6. The van der Waals surface area contributed by atoms with Crippen molar-refractivity contribution in [1.82, 2.24) is 0 Å². The van der Waals surface area contributed by atoms with Gasteiger partial charge in [-0.3, -0.25) is 4.79 Å². The van der Waals surface area contributed by atoms with E-state index in [1.807, 2.05) is 0 Å². The lowest BCUT2D eigenvalue weighted by Gasteiger charge is -2.71. The molecular formula is C53H84O23. The van der Waals surface area contributed by atoms with Crippen molar-refractivity contribution >= 4 is 11.9 Å². The Labute approximate surface area is 442 Å². The fourth-order valence-electron chi connectivity index (χ4n) is 16.2. The van der Waals surface area contributed by atoms with Gasteiger partial charge >= 0.3 is 11.9 Å². The number of fused-ring (bicyclic) bond motifs is 7. The number of aliphatic hydroxyl groups is 12. The number of carbonyl (C=O) groups is 2. The molecule has 76 heavy (non-hydrogen) atoms. The number of rotatable bonds is 11. The molecule has 27 atom stereocenters. The molecule has 0 aromatic rings. The second kappa shape index (κ2) is 21.0. The van der Waals surface area contributed by atoms with Crippen molar-refractivity contribution in [3.63, 3.8) is 0 Å². The van der Waals surface area contributed by atoms with Crippen LogP contribution in [0, 0.1) is 50.2 Å². The molecule has 4 saturated carbocycles. The average molecular weight is 1090 g/mol. The molecule has 0 unspecified atom stereocenters. The molecule has 0 bridgehead atoms. The summed E-state index contributed by atoms with van der Waals surface area (Å²) in [5, 5.41) is 138. The van der Waals surface area contributed by atoms with Gasteiger partial charge in [-0.1, -0.05) is 60.1 Å². The Morgan fingerprint density at radius 2 is 1.20 bits per heavy atom. The number of carbonyl (C=O) groups excluding carboxylic acids is 1. The van der Waals surface area contributed by atoms with Crippen LogP contribution in [0.5, 0.6) is 0 Å². The molecule has 4 aliphatic heterocycles. The normalized spacial score (nSPS) is 52.9. The highest BCUT2D eigenvalue weighted by atomic mass is 16.8. The molecule has 434 valence electrons. The Bertz CT molecular complexity index is 2140. The van der Waals surface area contributed by atoms with E-state index in [0.29, 0.717) is 44.9 Å². The number of hydrogen-bond acceptors (Lipinski definition) is 22. The van der Waals surface area contributed by atoms with Crippen LogP contribution < -0.4 is 0 Å². The zero-order valence-corrected chi connectivity index (χ0v) is 44.4. The number of allylic oxidation sites excluding steroid dienone is 2. The van der Waals surface area contributed by atoms with Crippen LogP contribution >= 0.6 is 0 Å². The summed E-state index contributed by atoms with van der Waals surface area (Å²) >= 11 is 0. The van der Waals surface area contributed by atoms with Crippen molar-refractivity contribution in [3.05, 3.63) is 11.6 Å². The third-order valence-electron chi connectivity index (χ3n) is 21.0. The first-order chi connectivity index (χ1) is 35.5. The molecule has 0 aromatic carbocycles. The van der Waals surface area contributed by atoms with E-state index in [0.717, 1.165) is 19.3 Å². The van der Waals surface area contributed by atoms with Crippen molar-refractivity contribution in [2.24, 2.45) is 50.2 Å². The predicted octanol–water partition coefficient (Wildman–Crippen LogP) is -1.30. The Morgan fingerprint density at radius 3 is 1.83 bits per heavy atom. The fraction of sp³-hybridized carbons (Fsp3) is 0.925. The van der Waals surface area contributed by atoms with Gasteiger partial charge < -0.3 is 104 Å². The molecule has 23 heteroatoms. The first kappa shape index (κ1) is 58.6. The van der Waals surface area contributed by atoms with Gasteiger partial charge in [-0.2, -0.15) is 0 Å². The maximum atomic E-state index is 14.8. The van der Waals surface area contributed by atoms with E-state index in [1.165, 1.54) is 5.57 Å². The summed E-state index contributed by atoms with van der Waals surface area (Å²) in [4.78, 5) is 27.6. The van der Waals surface area contributed by atoms with Crippen molar-refractivity contribution in [2.45, 2.75) is 235 Å². The maximum absolute atomic E-state index is 14.8. The molecule has 9 aliphatic rings. The Kier molecular flexibility index (Phi) is 16.2. The molecule has 0 spiro atoms. The Morgan fingerprint density at radius 1 is 0.605 bits per heavy atom. The summed E-state index contributed by atoms with van der Waals surface area (Å²) in [7, 11) is 0. The topological polar surface area (TPSA) is 371 Å². The molecule has 13 N–H and O–H groups in total. The lowest BCUT2D eigenvalue weighted by molar-refractivity contribution is -0.391. The highest BCUT2D eigenvalue weighted by Crippen LogP contribution is 2.76. The van der Waals surface area contributed by atoms with Gasteiger partial charge in [-0.25, -0.2) is 4.79 Å². The molecule has 0 aromatic heterocycles. The molecular weight excluding hydrogens is 1000 g/mol. The van der Waals surface area contributed by atoms with Crippen LogP contribution in [0.2, 0.25) is 0 Å². The highest BCUT2D eigenvalue weighted by molar-refractivity contribution is 5.79.